The molecule has 1 aromatic rings. The van der Waals surface area contributed by atoms with Crippen LogP contribution in [0.15, 0.2) is 28.6 Å². The maximum atomic E-state index is 5.51. The van der Waals surface area contributed by atoms with Gasteiger partial charge in [0.05, 0.1) is 6.04 Å². The molecule has 0 amide bonds. The molecule has 1 rings (SSSR count). The number of azo groups is 1. The lowest BCUT2D eigenvalue weighted by molar-refractivity contribution is 0.751. The number of pyridine rings is 1. The molecule has 0 fully saturated rings. The lowest BCUT2D eigenvalue weighted by Crippen LogP contribution is -1.94. The Labute approximate surface area is 71.5 Å². The van der Waals surface area contributed by atoms with Gasteiger partial charge in [0.1, 0.15) is 5.82 Å². The highest BCUT2D eigenvalue weighted by atomic mass is 15.1. The van der Waals surface area contributed by atoms with Crippen LogP contribution in [0.25, 0.3) is 0 Å². The minimum atomic E-state index is 0.0558. The Bertz CT molecular complexity index is 282. The van der Waals surface area contributed by atoms with Crippen molar-refractivity contribution in [1.82, 2.24) is 4.98 Å². The largest absolute Gasteiger partial charge is 0.384 e. The average molecular weight is 164 g/mol. The fraction of sp³-hybridized carbons (Fsp3) is 0.375. The maximum absolute atomic E-state index is 5.51. The first-order chi connectivity index (χ1) is 5.74. The van der Waals surface area contributed by atoms with Gasteiger partial charge in [-0.2, -0.15) is 10.2 Å². The van der Waals surface area contributed by atoms with Crippen molar-refractivity contribution in [2.45, 2.75) is 13.0 Å². The van der Waals surface area contributed by atoms with Gasteiger partial charge in [0.25, 0.3) is 0 Å². The molecule has 4 heteroatoms. The summed E-state index contributed by atoms with van der Waals surface area (Å²) >= 11 is 0. The second kappa shape index (κ2) is 3.80. The van der Waals surface area contributed by atoms with E-state index in [-0.39, 0.29) is 6.04 Å². The van der Waals surface area contributed by atoms with E-state index in [9.17, 15) is 0 Å². The summed E-state index contributed by atoms with van der Waals surface area (Å²) in [7, 11) is 1.65. The van der Waals surface area contributed by atoms with Crippen molar-refractivity contribution in [2.75, 3.05) is 12.8 Å². The number of nitrogens with zero attached hydrogens (tertiary/aromatic N) is 3. The quantitative estimate of drug-likeness (QED) is 0.677. The molecule has 0 aliphatic carbocycles. The predicted octanol–water partition coefficient (Wildman–Crippen LogP) is 1.81. The topological polar surface area (TPSA) is 63.6 Å². The third kappa shape index (κ3) is 2.02. The summed E-state index contributed by atoms with van der Waals surface area (Å²) in [5.41, 5.74) is 6.54. The first-order valence-electron chi connectivity index (χ1n) is 3.74. The third-order valence-electron chi connectivity index (χ3n) is 1.58. The number of nitrogens with two attached hydrogens (primary N) is 1. The Morgan fingerprint density at radius 2 is 2.33 bits per heavy atom. The number of anilines is 1. The van der Waals surface area contributed by atoms with Gasteiger partial charge in [0.2, 0.25) is 0 Å². The van der Waals surface area contributed by atoms with Crippen LogP contribution in [0, 0.1) is 0 Å². The smallest absolute Gasteiger partial charge is 0.123 e. The minimum absolute atomic E-state index is 0.0558. The third-order valence-corrected chi connectivity index (χ3v) is 1.58. The molecule has 4 nitrogen and oxygen atoms in total. The van der Waals surface area contributed by atoms with E-state index in [1.165, 1.54) is 0 Å². The monoisotopic (exact) mass is 164 g/mol. The second-order valence-electron chi connectivity index (χ2n) is 2.51. The van der Waals surface area contributed by atoms with Crippen LogP contribution in [0.5, 0.6) is 0 Å². The summed E-state index contributed by atoms with van der Waals surface area (Å²) in [6.45, 7) is 1.96. The van der Waals surface area contributed by atoms with E-state index in [2.05, 4.69) is 15.2 Å². The molecule has 2 N–H and O–H groups in total. The molecule has 0 spiro atoms. The molecule has 0 saturated heterocycles. The van der Waals surface area contributed by atoms with Gasteiger partial charge >= 0.3 is 0 Å². The second-order valence-corrected chi connectivity index (χ2v) is 2.51. The van der Waals surface area contributed by atoms with Gasteiger partial charge in [-0.3, -0.25) is 0 Å². The van der Waals surface area contributed by atoms with Crippen LogP contribution in [0.1, 0.15) is 18.5 Å². The zero-order chi connectivity index (χ0) is 8.97. The molecule has 12 heavy (non-hydrogen) atoms. The van der Waals surface area contributed by atoms with Gasteiger partial charge < -0.3 is 5.73 Å². The Morgan fingerprint density at radius 3 is 2.92 bits per heavy atom. The first kappa shape index (κ1) is 8.64. The van der Waals surface area contributed by atoms with Gasteiger partial charge in [0, 0.05) is 13.2 Å². The van der Waals surface area contributed by atoms with Crippen LogP contribution < -0.4 is 5.73 Å². The van der Waals surface area contributed by atoms with Crippen molar-refractivity contribution < 1.29 is 0 Å². The van der Waals surface area contributed by atoms with Crippen molar-refractivity contribution >= 4 is 5.82 Å². The van der Waals surface area contributed by atoms with Crippen LogP contribution >= 0.6 is 0 Å². The zero-order valence-electron chi connectivity index (χ0n) is 7.23. The van der Waals surface area contributed by atoms with Crippen molar-refractivity contribution in [2.24, 2.45) is 10.2 Å². The Kier molecular flexibility index (Phi) is 2.74. The maximum Gasteiger partial charge on any atom is 0.123 e. The van der Waals surface area contributed by atoms with E-state index in [0.29, 0.717) is 5.82 Å². The number of aromatic nitrogens is 1. The van der Waals surface area contributed by atoms with E-state index in [1.54, 1.807) is 19.3 Å². The fourth-order valence-corrected chi connectivity index (χ4v) is 0.965. The summed E-state index contributed by atoms with van der Waals surface area (Å²) in [5, 5.41) is 7.68. The highest BCUT2D eigenvalue weighted by Crippen LogP contribution is 2.17. The molecule has 1 aromatic heterocycles. The standard InChI is InChI=1S/C8H12N4/c1-6(12-10-2)7-3-4-11-8(9)5-7/h3-6H,1-2H3,(H2,9,11). The molecule has 64 valence electrons. The molecule has 1 heterocycles. The molecular weight excluding hydrogens is 152 g/mol. The van der Waals surface area contributed by atoms with Crippen LogP contribution in [0.3, 0.4) is 0 Å². The SMILES string of the molecule is CN=NC(C)c1ccnc(N)c1. The van der Waals surface area contributed by atoms with Crippen LogP contribution in [-0.2, 0) is 0 Å². The zero-order valence-corrected chi connectivity index (χ0v) is 7.23. The molecule has 1 unspecified atom stereocenters. The van der Waals surface area contributed by atoms with Gasteiger partial charge in [-0.1, -0.05) is 0 Å². The van der Waals surface area contributed by atoms with E-state index in [4.69, 9.17) is 5.73 Å². The highest BCUT2D eigenvalue weighted by Gasteiger charge is 2.02. The summed E-state index contributed by atoms with van der Waals surface area (Å²) in [6.07, 6.45) is 1.67. The average Bonchev–Trinajstić information content (AvgIpc) is 2.05. The van der Waals surface area contributed by atoms with E-state index in [1.807, 2.05) is 13.0 Å². The number of nitrogen functional groups attached to an aromatic ring is 1. The van der Waals surface area contributed by atoms with Crippen LogP contribution in [0.2, 0.25) is 0 Å². The normalized spacial score (nSPS) is 13.5. The van der Waals surface area contributed by atoms with E-state index >= 15 is 0 Å². The molecular formula is C8H12N4. The predicted molar refractivity (Wildman–Crippen MR) is 47.8 cm³/mol. The van der Waals surface area contributed by atoms with Gasteiger partial charge in [-0.15, -0.1) is 0 Å². The van der Waals surface area contributed by atoms with Crippen molar-refractivity contribution in [3.05, 3.63) is 23.9 Å². The molecule has 0 bridgehead atoms. The number of hydrogen-bond donors (Lipinski definition) is 1. The van der Waals surface area contributed by atoms with Crippen molar-refractivity contribution in [3.63, 3.8) is 0 Å². The summed E-state index contributed by atoms with van der Waals surface area (Å²) in [6, 6.07) is 3.75. The van der Waals surface area contributed by atoms with Gasteiger partial charge in [-0.05, 0) is 24.6 Å². The summed E-state index contributed by atoms with van der Waals surface area (Å²) < 4.78 is 0. The Hall–Kier alpha value is -1.45. The molecule has 0 radical (unpaired) electrons. The van der Waals surface area contributed by atoms with Gasteiger partial charge in [-0.25, -0.2) is 4.98 Å². The molecule has 0 aliphatic heterocycles. The van der Waals surface area contributed by atoms with Crippen molar-refractivity contribution in [3.8, 4) is 0 Å². The number of hydrogen-bond acceptors (Lipinski definition) is 4. The molecule has 0 aromatic carbocycles. The van der Waals surface area contributed by atoms with Crippen LogP contribution in [-0.4, -0.2) is 12.0 Å². The molecule has 0 saturated carbocycles. The highest BCUT2D eigenvalue weighted by molar-refractivity contribution is 5.33. The fourth-order valence-electron chi connectivity index (χ4n) is 0.965. The Morgan fingerprint density at radius 1 is 1.58 bits per heavy atom. The first-order valence-corrected chi connectivity index (χ1v) is 3.74. The van der Waals surface area contributed by atoms with Gasteiger partial charge in [0.15, 0.2) is 0 Å². The molecule has 1 atom stereocenters. The lowest BCUT2D eigenvalue weighted by atomic mass is 10.1. The van der Waals surface area contributed by atoms with E-state index < -0.39 is 0 Å². The number of rotatable bonds is 2. The van der Waals surface area contributed by atoms with Crippen molar-refractivity contribution in [1.29, 1.82) is 0 Å². The summed E-state index contributed by atoms with van der Waals surface area (Å²) in [4.78, 5) is 3.89. The lowest BCUT2D eigenvalue weighted by Gasteiger charge is -2.04. The Balaban J connectivity index is 2.87. The molecule has 0 aliphatic rings. The van der Waals surface area contributed by atoms with E-state index in [0.717, 1.165) is 5.56 Å². The minimum Gasteiger partial charge on any atom is -0.384 e. The van der Waals surface area contributed by atoms with Crippen LogP contribution in [0.4, 0.5) is 5.82 Å². The summed E-state index contributed by atoms with van der Waals surface area (Å²) in [5.74, 6) is 0.519.